The maximum Gasteiger partial charge on any atom is 0.305 e. The van der Waals surface area contributed by atoms with Crippen molar-refractivity contribution in [1.29, 1.82) is 0 Å². The lowest BCUT2D eigenvalue weighted by molar-refractivity contribution is -0.269. The molecule has 53 heavy (non-hydrogen) atoms. The number of aliphatic hydroxyl groups is 3. The van der Waals surface area contributed by atoms with Crippen molar-refractivity contribution in [2.45, 2.75) is 185 Å². The first-order valence-electron chi connectivity index (χ1n) is 19.5. The molecular weight excluding hydrogens is 692 g/mol. The van der Waals surface area contributed by atoms with Gasteiger partial charge in [0.25, 0.3) is 0 Å². The molecule has 0 aromatic carbocycles. The number of nitrogens with zero attached hydrogens (tertiary/aromatic N) is 1. The van der Waals surface area contributed by atoms with E-state index in [1.807, 2.05) is 0 Å². The predicted molar refractivity (Wildman–Crippen MR) is 196 cm³/mol. The standard InChI is InChI=1S/C37H68N4O12/c1-4-5-6-7-8-9-10-11-12-13-14-15-16-17-18-19-31(46)51-24-29-33(47)34(32(37(50)53-29)40-26(3)43)52-25(2)22-41(36(49)27(38)23-42)28(35(39)48)20-21-30(44)45/h25,27-29,32-34,37,42,47,50H,4-24,38H2,1-3H3,(H2,39,48)(H,40,43)(H,44,45)/t25?,27-,28+,29+,32+,33+,34+,37-/m0/s1. The van der Waals surface area contributed by atoms with Gasteiger partial charge < -0.3 is 56.3 Å². The van der Waals surface area contributed by atoms with Gasteiger partial charge in [-0.3, -0.25) is 24.0 Å². The molecule has 1 aliphatic rings. The highest BCUT2D eigenvalue weighted by molar-refractivity contribution is 5.89. The highest BCUT2D eigenvalue weighted by atomic mass is 16.6. The Labute approximate surface area is 314 Å². The number of carbonyl (C=O) groups excluding carboxylic acids is 4. The molecule has 0 aromatic rings. The van der Waals surface area contributed by atoms with Gasteiger partial charge in [-0.2, -0.15) is 0 Å². The van der Waals surface area contributed by atoms with Gasteiger partial charge in [-0.1, -0.05) is 96.8 Å². The predicted octanol–water partition coefficient (Wildman–Crippen LogP) is 2.01. The lowest BCUT2D eigenvalue weighted by Gasteiger charge is -2.44. The van der Waals surface area contributed by atoms with Crippen molar-refractivity contribution in [3.8, 4) is 0 Å². The highest BCUT2D eigenvalue weighted by Gasteiger charge is 2.47. The Hall–Kier alpha value is -2.89. The van der Waals surface area contributed by atoms with Crippen LogP contribution >= 0.6 is 0 Å². The Balaban J connectivity index is 2.67. The molecule has 0 saturated carbocycles. The first-order valence-corrected chi connectivity index (χ1v) is 19.5. The van der Waals surface area contributed by atoms with Crippen LogP contribution in [-0.4, -0.2) is 124 Å². The summed E-state index contributed by atoms with van der Waals surface area (Å²) in [6.45, 7) is 3.30. The molecule has 1 heterocycles. The number of aliphatic carboxylic acids is 1. The van der Waals surface area contributed by atoms with Crippen molar-refractivity contribution < 1.29 is 58.6 Å². The van der Waals surface area contributed by atoms with E-state index >= 15 is 0 Å². The average molecular weight is 761 g/mol. The zero-order chi connectivity index (χ0) is 39.8. The fraction of sp³-hybridized carbons (Fsp3) is 0.865. The molecule has 0 aromatic heterocycles. The Morgan fingerprint density at radius 1 is 0.868 bits per heavy atom. The Morgan fingerprint density at radius 2 is 1.40 bits per heavy atom. The van der Waals surface area contributed by atoms with E-state index < -0.39 is 105 Å². The molecule has 1 saturated heterocycles. The summed E-state index contributed by atoms with van der Waals surface area (Å²) in [7, 11) is 0. The third-order valence-electron chi connectivity index (χ3n) is 9.43. The van der Waals surface area contributed by atoms with E-state index in [-0.39, 0.29) is 12.8 Å². The van der Waals surface area contributed by atoms with Gasteiger partial charge in [-0.05, 0) is 19.8 Å². The van der Waals surface area contributed by atoms with Crippen molar-refractivity contribution in [1.82, 2.24) is 10.2 Å². The lowest BCUT2D eigenvalue weighted by Crippen LogP contribution is -2.66. The largest absolute Gasteiger partial charge is 0.481 e. The lowest BCUT2D eigenvalue weighted by atomic mass is 9.96. The number of aliphatic hydroxyl groups excluding tert-OH is 3. The van der Waals surface area contributed by atoms with Crippen LogP contribution in [0.15, 0.2) is 0 Å². The van der Waals surface area contributed by atoms with E-state index in [0.29, 0.717) is 6.42 Å². The maximum atomic E-state index is 13.1. The summed E-state index contributed by atoms with van der Waals surface area (Å²) < 4.78 is 16.9. The summed E-state index contributed by atoms with van der Waals surface area (Å²) in [6.07, 6.45) is 10.4. The number of amides is 3. The van der Waals surface area contributed by atoms with Gasteiger partial charge in [0.15, 0.2) is 6.29 Å². The third-order valence-corrected chi connectivity index (χ3v) is 9.43. The molecule has 3 amide bonds. The molecule has 0 bridgehead atoms. The monoisotopic (exact) mass is 760 g/mol. The second-order valence-corrected chi connectivity index (χ2v) is 14.2. The van der Waals surface area contributed by atoms with E-state index in [4.69, 9.17) is 30.8 Å². The number of unbranched alkanes of at least 4 members (excludes halogenated alkanes) is 14. The molecule has 1 aliphatic heterocycles. The van der Waals surface area contributed by atoms with Gasteiger partial charge in [0.1, 0.15) is 43.0 Å². The number of hydrogen-bond acceptors (Lipinski definition) is 12. The number of ether oxygens (including phenoxy) is 3. The molecule has 8 atom stereocenters. The van der Waals surface area contributed by atoms with Crippen molar-refractivity contribution in [3.05, 3.63) is 0 Å². The molecule has 0 spiro atoms. The van der Waals surface area contributed by atoms with E-state index in [9.17, 15) is 39.3 Å². The fourth-order valence-corrected chi connectivity index (χ4v) is 6.47. The van der Waals surface area contributed by atoms with Gasteiger partial charge in [-0.15, -0.1) is 0 Å². The van der Waals surface area contributed by atoms with E-state index in [0.717, 1.165) is 24.2 Å². The smallest absolute Gasteiger partial charge is 0.305 e. The maximum absolute atomic E-state index is 13.1. The molecule has 9 N–H and O–H groups in total. The molecule has 0 aliphatic carbocycles. The van der Waals surface area contributed by atoms with E-state index in [1.165, 1.54) is 84.5 Å². The molecular formula is C37H68N4O12. The minimum Gasteiger partial charge on any atom is -0.481 e. The van der Waals surface area contributed by atoms with Crippen LogP contribution < -0.4 is 16.8 Å². The normalized spacial score (nSPS) is 21.7. The second-order valence-electron chi connectivity index (χ2n) is 14.2. The number of carboxylic acid groups (broad SMARTS) is 1. The molecule has 1 rings (SSSR count). The fourth-order valence-electron chi connectivity index (χ4n) is 6.47. The topological polar surface area (TPSA) is 261 Å². The number of rotatable bonds is 30. The molecule has 16 heteroatoms. The van der Waals surface area contributed by atoms with Crippen LogP contribution in [0.25, 0.3) is 0 Å². The second kappa shape index (κ2) is 27.7. The van der Waals surface area contributed by atoms with Crippen LogP contribution in [0, 0.1) is 0 Å². The number of nitrogens with two attached hydrogens (primary N) is 2. The Morgan fingerprint density at radius 3 is 1.87 bits per heavy atom. The Bertz CT molecular complexity index is 1080. The summed E-state index contributed by atoms with van der Waals surface area (Å²) in [5.41, 5.74) is 11.2. The minimum atomic E-state index is -1.69. The van der Waals surface area contributed by atoms with Gasteiger partial charge in [0, 0.05) is 26.3 Å². The van der Waals surface area contributed by atoms with Crippen molar-refractivity contribution >= 4 is 29.7 Å². The number of esters is 1. The molecule has 308 valence electrons. The SMILES string of the molecule is CCCCCCCCCCCCCCCCCC(=O)OC[C@H]1O[C@H](O)[C@H](NC(C)=O)[C@@H](OC(C)CN(C(=O)[C@@H](N)CO)[C@H](CCC(=O)O)C(N)=O)[C@@H]1O. The summed E-state index contributed by atoms with van der Waals surface area (Å²) in [5.74, 6) is -4.22. The molecule has 1 fully saturated rings. The number of hydrogen-bond donors (Lipinski definition) is 7. The zero-order valence-electron chi connectivity index (χ0n) is 32.1. The quantitative estimate of drug-likeness (QED) is 0.0409. The average Bonchev–Trinajstić information content (AvgIpc) is 3.10. The van der Waals surface area contributed by atoms with Gasteiger partial charge in [0.05, 0.1) is 12.7 Å². The number of nitrogens with one attached hydrogen (secondary N) is 1. The van der Waals surface area contributed by atoms with E-state index in [1.54, 1.807) is 0 Å². The van der Waals surface area contributed by atoms with Crippen LogP contribution in [0.1, 0.15) is 136 Å². The summed E-state index contributed by atoms with van der Waals surface area (Å²) in [6, 6.07) is -4.17. The van der Waals surface area contributed by atoms with Crippen molar-refractivity contribution in [2.24, 2.45) is 11.5 Å². The first kappa shape index (κ1) is 48.1. The summed E-state index contributed by atoms with van der Waals surface area (Å²) in [5, 5.41) is 43.1. The van der Waals surface area contributed by atoms with Gasteiger partial charge in [0.2, 0.25) is 17.7 Å². The first-order chi connectivity index (χ1) is 25.2. The number of carboxylic acids is 1. The zero-order valence-corrected chi connectivity index (χ0v) is 32.1. The summed E-state index contributed by atoms with van der Waals surface area (Å²) in [4.78, 5) is 61.9. The number of primary amides is 1. The van der Waals surface area contributed by atoms with Crippen LogP contribution in [0.3, 0.4) is 0 Å². The van der Waals surface area contributed by atoms with E-state index in [2.05, 4.69) is 12.2 Å². The minimum absolute atomic E-state index is 0.178. The molecule has 16 nitrogen and oxygen atoms in total. The van der Waals surface area contributed by atoms with Crippen LogP contribution in [0.2, 0.25) is 0 Å². The number of carbonyl (C=O) groups is 5. The molecule has 0 radical (unpaired) electrons. The van der Waals surface area contributed by atoms with Gasteiger partial charge in [-0.25, -0.2) is 0 Å². The van der Waals surface area contributed by atoms with Crippen LogP contribution in [0.4, 0.5) is 0 Å². The molecule has 1 unspecified atom stereocenters. The van der Waals surface area contributed by atoms with Crippen molar-refractivity contribution in [2.75, 3.05) is 19.8 Å². The van der Waals surface area contributed by atoms with Gasteiger partial charge >= 0.3 is 11.9 Å². The van der Waals surface area contributed by atoms with Crippen molar-refractivity contribution in [3.63, 3.8) is 0 Å². The third kappa shape index (κ3) is 19.8. The summed E-state index contributed by atoms with van der Waals surface area (Å²) >= 11 is 0. The Kier molecular flexibility index (Phi) is 25.1. The van der Waals surface area contributed by atoms with Crippen LogP contribution in [0.5, 0.6) is 0 Å². The van der Waals surface area contributed by atoms with Crippen LogP contribution in [-0.2, 0) is 38.2 Å². The highest BCUT2D eigenvalue weighted by Crippen LogP contribution is 2.25.